The van der Waals surface area contributed by atoms with Gasteiger partial charge in [-0.15, -0.1) is 11.6 Å². The summed E-state index contributed by atoms with van der Waals surface area (Å²) < 4.78 is 22.4. The minimum absolute atomic E-state index is 0.0966. The van der Waals surface area contributed by atoms with Gasteiger partial charge in [-0.3, -0.25) is 0 Å². The highest BCUT2D eigenvalue weighted by molar-refractivity contribution is 7.91. The number of hydrogen-bond acceptors (Lipinski definition) is 3. The van der Waals surface area contributed by atoms with Gasteiger partial charge in [0.05, 0.1) is 5.75 Å². The topological polar surface area (TPSA) is 46.2 Å². The molecule has 0 amide bonds. The van der Waals surface area contributed by atoms with Crippen LogP contribution in [-0.2, 0) is 9.84 Å². The largest absolute Gasteiger partial charge is 0.314 e. The molecule has 98 valence electrons. The summed E-state index contributed by atoms with van der Waals surface area (Å²) in [6.07, 6.45) is 2.14. The Bertz CT molecular complexity index is 263. The fourth-order valence-corrected chi connectivity index (χ4v) is 2.79. The van der Waals surface area contributed by atoms with Crippen molar-refractivity contribution in [2.75, 3.05) is 24.6 Å². The van der Waals surface area contributed by atoms with Crippen LogP contribution in [0.25, 0.3) is 0 Å². The van der Waals surface area contributed by atoms with Gasteiger partial charge in [0.2, 0.25) is 0 Å². The van der Waals surface area contributed by atoms with Gasteiger partial charge in [0.15, 0.2) is 9.84 Å². The average Bonchev–Trinajstić information content (AvgIpc) is 2.26. The van der Waals surface area contributed by atoms with Crippen molar-refractivity contribution in [1.82, 2.24) is 5.32 Å². The van der Waals surface area contributed by atoms with Crippen molar-refractivity contribution in [2.24, 2.45) is 5.92 Å². The molecule has 0 saturated heterocycles. The van der Waals surface area contributed by atoms with Crippen molar-refractivity contribution in [3.8, 4) is 0 Å². The Morgan fingerprint density at radius 1 is 1.19 bits per heavy atom. The number of rotatable bonds is 9. The molecule has 0 aromatic carbocycles. The molecule has 0 aromatic heterocycles. The maximum atomic E-state index is 11.2. The van der Waals surface area contributed by atoms with E-state index in [9.17, 15) is 8.42 Å². The molecule has 16 heavy (non-hydrogen) atoms. The Morgan fingerprint density at radius 3 is 2.19 bits per heavy atom. The van der Waals surface area contributed by atoms with E-state index in [0.29, 0.717) is 19.0 Å². The van der Waals surface area contributed by atoms with Gasteiger partial charge < -0.3 is 5.32 Å². The predicted molar refractivity (Wildman–Crippen MR) is 70.9 cm³/mol. The summed E-state index contributed by atoms with van der Waals surface area (Å²) in [6.45, 7) is 7.12. The van der Waals surface area contributed by atoms with Crippen LogP contribution >= 0.6 is 11.6 Å². The summed E-state index contributed by atoms with van der Waals surface area (Å²) >= 11 is 6.22. The van der Waals surface area contributed by atoms with Gasteiger partial charge in [-0.05, 0) is 5.92 Å². The quantitative estimate of drug-likeness (QED) is 0.515. The second-order valence-corrected chi connectivity index (χ2v) is 7.07. The molecule has 0 rings (SSSR count). The van der Waals surface area contributed by atoms with E-state index >= 15 is 0 Å². The van der Waals surface area contributed by atoms with Crippen molar-refractivity contribution >= 4 is 21.4 Å². The van der Waals surface area contributed by atoms with Crippen LogP contribution in [0.4, 0.5) is 0 Å². The van der Waals surface area contributed by atoms with E-state index in [4.69, 9.17) is 11.6 Å². The van der Waals surface area contributed by atoms with Crippen LogP contribution in [0.1, 0.15) is 33.6 Å². The fourth-order valence-electron chi connectivity index (χ4n) is 1.58. The lowest BCUT2D eigenvalue weighted by Gasteiger charge is -2.19. The molecular formula is C11H24ClNO2S. The van der Waals surface area contributed by atoms with Gasteiger partial charge in [-0.25, -0.2) is 8.42 Å². The van der Waals surface area contributed by atoms with E-state index < -0.39 is 9.84 Å². The Balaban J connectivity index is 3.74. The third-order valence-corrected chi connectivity index (χ3v) is 5.15. The minimum atomic E-state index is -2.85. The molecule has 0 saturated carbocycles. The zero-order valence-electron chi connectivity index (χ0n) is 10.5. The lowest BCUT2D eigenvalue weighted by molar-refractivity contribution is 0.449. The summed E-state index contributed by atoms with van der Waals surface area (Å²) in [7, 11) is -2.85. The molecule has 1 atom stereocenters. The first-order valence-electron chi connectivity index (χ1n) is 6.02. The molecule has 0 spiro atoms. The van der Waals surface area contributed by atoms with Crippen molar-refractivity contribution < 1.29 is 8.42 Å². The Hall–Kier alpha value is 0.200. The van der Waals surface area contributed by atoms with Gasteiger partial charge >= 0.3 is 0 Å². The van der Waals surface area contributed by atoms with Crippen LogP contribution in [0.2, 0.25) is 0 Å². The van der Waals surface area contributed by atoms with E-state index in [1.807, 2.05) is 0 Å². The second kappa shape index (κ2) is 8.31. The maximum Gasteiger partial charge on any atom is 0.151 e. The average molecular weight is 270 g/mol. The van der Waals surface area contributed by atoms with Gasteiger partial charge in [-0.1, -0.05) is 33.6 Å². The van der Waals surface area contributed by atoms with E-state index in [0.717, 1.165) is 12.8 Å². The molecule has 0 aliphatic carbocycles. The highest BCUT2D eigenvalue weighted by Crippen LogP contribution is 2.17. The van der Waals surface area contributed by atoms with Gasteiger partial charge in [0.25, 0.3) is 0 Å². The molecule has 0 radical (unpaired) electrons. The second-order valence-electron chi connectivity index (χ2n) is 4.03. The lowest BCUT2D eigenvalue weighted by atomic mass is 9.99. The van der Waals surface area contributed by atoms with Crippen LogP contribution in [0.5, 0.6) is 0 Å². The molecule has 1 N–H and O–H groups in total. The molecule has 0 aliphatic heterocycles. The zero-order chi connectivity index (χ0) is 12.6. The Labute approximate surface area is 105 Å². The molecule has 0 fully saturated rings. The van der Waals surface area contributed by atoms with E-state index in [1.165, 1.54) is 0 Å². The fraction of sp³-hybridized carbons (Fsp3) is 1.00. The normalized spacial score (nSPS) is 14.3. The molecule has 0 aromatic rings. The third-order valence-electron chi connectivity index (χ3n) is 2.93. The number of halogens is 1. The molecular weight excluding hydrogens is 246 g/mol. The van der Waals surface area contributed by atoms with Crippen molar-refractivity contribution in [2.45, 2.75) is 39.0 Å². The Morgan fingerprint density at radius 2 is 1.75 bits per heavy atom. The summed E-state index contributed by atoms with van der Waals surface area (Å²) in [5.74, 6) is 0.929. The molecule has 1 unspecified atom stereocenters. The van der Waals surface area contributed by atoms with Crippen LogP contribution in [0, 0.1) is 5.92 Å². The molecule has 0 aliphatic rings. The summed E-state index contributed by atoms with van der Waals surface area (Å²) in [6, 6.07) is 0. The van der Waals surface area contributed by atoms with E-state index in [2.05, 4.69) is 19.2 Å². The summed E-state index contributed by atoms with van der Waals surface area (Å²) in [4.78, 5) is 0. The summed E-state index contributed by atoms with van der Waals surface area (Å²) in [5, 5.41) is 3.21. The first-order chi connectivity index (χ1) is 7.46. The van der Waals surface area contributed by atoms with Crippen molar-refractivity contribution in [3.63, 3.8) is 0 Å². The van der Waals surface area contributed by atoms with Crippen LogP contribution < -0.4 is 5.32 Å². The highest BCUT2D eigenvalue weighted by atomic mass is 35.5. The van der Waals surface area contributed by atoms with Gasteiger partial charge in [-0.2, -0.15) is 0 Å². The van der Waals surface area contributed by atoms with Gasteiger partial charge in [0, 0.05) is 24.2 Å². The first-order valence-corrected chi connectivity index (χ1v) is 8.27. The van der Waals surface area contributed by atoms with Crippen LogP contribution in [0.3, 0.4) is 0 Å². The maximum absolute atomic E-state index is 11.2. The standard InChI is InChI=1S/C11H24ClNO2S/c1-4-10(5-2)11(12)9-13-7-8-16(14,15)6-3/h10-11,13H,4-9H2,1-3H3. The highest BCUT2D eigenvalue weighted by Gasteiger charge is 2.15. The molecule has 0 heterocycles. The van der Waals surface area contributed by atoms with Gasteiger partial charge in [0.1, 0.15) is 0 Å². The van der Waals surface area contributed by atoms with Crippen LogP contribution in [0.15, 0.2) is 0 Å². The van der Waals surface area contributed by atoms with E-state index in [1.54, 1.807) is 6.92 Å². The van der Waals surface area contributed by atoms with Crippen LogP contribution in [-0.4, -0.2) is 38.4 Å². The molecule has 0 bridgehead atoms. The molecule has 3 nitrogen and oxygen atoms in total. The zero-order valence-corrected chi connectivity index (χ0v) is 12.1. The van der Waals surface area contributed by atoms with Crippen molar-refractivity contribution in [3.05, 3.63) is 0 Å². The number of hydrogen-bond donors (Lipinski definition) is 1. The minimum Gasteiger partial charge on any atom is -0.314 e. The Kier molecular flexibility index (Phi) is 8.42. The molecule has 5 heteroatoms. The number of alkyl halides is 1. The van der Waals surface area contributed by atoms with Crippen molar-refractivity contribution in [1.29, 1.82) is 0 Å². The number of sulfone groups is 1. The number of nitrogens with one attached hydrogen (secondary N) is 1. The van der Waals surface area contributed by atoms with E-state index in [-0.39, 0.29) is 16.9 Å². The first kappa shape index (κ1) is 16.2. The SMILES string of the molecule is CCC(CC)C(Cl)CNCCS(=O)(=O)CC. The smallest absolute Gasteiger partial charge is 0.151 e. The summed E-state index contributed by atoms with van der Waals surface area (Å²) in [5.41, 5.74) is 0. The lowest BCUT2D eigenvalue weighted by Crippen LogP contribution is -2.32. The monoisotopic (exact) mass is 269 g/mol. The predicted octanol–water partition coefficient (Wildman–Crippen LogP) is 2.05. The third kappa shape index (κ3) is 6.71.